The number of carbonyl (C=O) groups is 1. The molecule has 0 radical (unpaired) electrons. The van der Waals surface area contributed by atoms with Gasteiger partial charge >= 0.3 is 0 Å². The summed E-state index contributed by atoms with van der Waals surface area (Å²) in [5.74, 6) is -0.629. The zero-order valence-corrected chi connectivity index (χ0v) is 22.8. The molecule has 4 rings (SSSR count). The summed E-state index contributed by atoms with van der Waals surface area (Å²) in [4.78, 5) is 17.3. The van der Waals surface area contributed by atoms with Crippen molar-refractivity contribution in [2.45, 2.75) is 44.6 Å². The minimum atomic E-state index is -3.97. The van der Waals surface area contributed by atoms with Crippen molar-refractivity contribution >= 4 is 21.6 Å². The molecule has 1 aliphatic heterocycles. The van der Waals surface area contributed by atoms with Crippen molar-refractivity contribution in [1.29, 1.82) is 0 Å². The zero-order chi connectivity index (χ0) is 26.5. The van der Waals surface area contributed by atoms with Gasteiger partial charge in [-0.2, -0.15) is 0 Å². The summed E-state index contributed by atoms with van der Waals surface area (Å²) in [5, 5.41) is 0. The predicted octanol–water partition coefficient (Wildman–Crippen LogP) is 5.11. The monoisotopic (exact) mass is 519 g/mol. The van der Waals surface area contributed by atoms with E-state index in [0.29, 0.717) is 17.5 Å². The van der Waals surface area contributed by atoms with E-state index in [9.17, 15) is 13.2 Å². The van der Waals surface area contributed by atoms with Crippen LogP contribution >= 0.6 is 0 Å². The number of hydrogen-bond donors (Lipinski definition) is 1. The number of sulfonamides is 1. The van der Waals surface area contributed by atoms with Gasteiger partial charge in [0.05, 0.1) is 4.90 Å². The SMILES string of the molecule is CN(CCc1ccccc1)Cc1ccc(S(=O)(=O)NC(=O)c2ccc(N3CCC(C)(C)CC3)cc2)cc1. The number of anilines is 1. The third-order valence-electron chi connectivity index (χ3n) is 7.15. The van der Waals surface area contributed by atoms with Crippen LogP contribution in [0.25, 0.3) is 0 Å². The summed E-state index contributed by atoms with van der Waals surface area (Å²) >= 11 is 0. The number of amides is 1. The third-order valence-corrected chi connectivity index (χ3v) is 8.50. The molecule has 37 heavy (non-hydrogen) atoms. The van der Waals surface area contributed by atoms with Crippen LogP contribution in [0.1, 0.15) is 48.2 Å². The Morgan fingerprint density at radius 3 is 2.14 bits per heavy atom. The summed E-state index contributed by atoms with van der Waals surface area (Å²) in [6.45, 7) is 8.14. The van der Waals surface area contributed by atoms with Crippen LogP contribution in [0.3, 0.4) is 0 Å². The van der Waals surface area contributed by atoms with Crippen LogP contribution in [-0.2, 0) is 23.0 Å². The Hall–Kier alpha value is -3.16. The molecule has 1 N–H and O–H groups in total. The van der Waals surface area contributed by atoms with Crippen molar-refractivity contribution in [3.8, 4) is 0 Å². The van der Waals surface area contributed by atoms with Crippen LogP contribution in [0.2, 0.25) is 0 Å². The second-order valence-electron chi connectivity index (χ2n) is 10.8. The van der Waals surface area contributed by atoms with Gasteiger partial charge in [-0.3, -0.25) is 4.79 Å². The maximum atomic E-state index is 12.8. The first-order chi connectivity index (χ1) is 17.6. The van der Waals surface area contributed by atoms with Gasteiger partial charge in [0, 0.05) is 37.4 Å². The zero-order valence-electron chi connectivity index (χ0n) is 22.0. The molecule has 3 aromatic rings. The number of carbonyl (C=O) groups excluding carboxylic acids is 1. The molecule has 0 atom stereocenters. The van der Waals surface area contributed by atoms with Crippen molar-refractivity contribution in [3.05, 3.63) is 95.6 Å². The van der Waals surface area contributed by atoms with Gasteiger partial charge in [0.25, 0.3) is 15.9 Å². The molecule has 0 aromatic heterocycles. The number of nitrogens with one attached hydrogen (secondary N) is 1. The van der Waals surface area contributed by atoms with Gasteiger partial charge in [-0.25, -0.2) is 13.1 Å². The molecular formula is C30H37N3O3S. The third kappa shape index (κ3) is 7.43. The molecule has 1 amide bonds. The smallest absolute Gasteiger partial charge is 0.264 e. The normalized spacial score (nSPS) is 15.5. The molecule has 1 saturated heterocycles. The molecule has 0 bridgehead atoms. The number of benzene rings is 3. The highest BCUT2D eigenvalue weighted by Gasteiger charge is 2.25. The minimum absolute atomic E-state index is 0.0732. The Morgan fingerprint density at radius 2 is 1.51 bits per heavy atom. The van der Waals surface area contributed by atoms with Crippen LogP contribution in [0, 0.1) is 5.41 Å². The van der Waals surface area contributed by atoms with Gasteiger partial charge in [0.15, 0.2) is 0 Å². The topological polar surface area (TPSA) is 69.7 Å². The van der Waals surface area contributed by atoms with Crippen molar-refractivity contribution in [2.24, 2.45) is 5.41 Å². The highest BCUT2D eigenvalue weighted by atomic mass is 32.2. The van der Waals surface area contributed by atoms with Crippen LogP contribution in [0.5, 0.6) is 0 Å². The second kappa shape index (κ2) is 11.5. The van der Waals surface area contributed by atoms with Crippen LogP contribution in [0.15, 0.2) is 83.8 Å². The van der Waals surface area contributed by atoms with Crippen molar-refractivity contribution in [1.82, 2.24) is 9.62 Å². The molecule has 0 aliphatic carbocycles. The molecule has 1 heterocycles. The number of piperidine rings is 1. The Labute approximate surface area is 221 Å². The molecule has 1 fully saturated rings. The molecule has 0 unspecified atom stereocenters. The Kier molecular flexibility index (Phi) is 8.35. The van der Waals surface area contributed by atoms with Gasteiger partial charge in [-0.05, 0) is 79.3 Å². The second-order valence-corrected chi connectivity index (χ2v) is 12.4. The lowest BCUT2D eigenvalue weighted by Gasteiger charge is -2.38. The Morgan fingerprint density at radius 1 is 0.892 bits per heavy atom. The molecule has 0 saturated carbocycles. The predicted molar refractivity (Wildman–Crippen MR) is 149 cm³/mol. The van der Waals surface area contributed by atoms with Crippen molar-refractivity contribution < 1.29 is 13.2 Å². The molecule has 196 valence electrons. The lowest BCUT2D eigenvalue weighted by atomic mass is 9.82. The molecule has 7 heteroatoms. The van der Waals surface area contributed by atoms with E-state index in [0.717, 1.165) is 50.1 Å². The van der Waals surface area contributed by atoms with Gasteiger partial charge in [0.2, 0.25) is 0 Å². The fraction of sp³-hybridized carbons (Fsp3) is 0.367. The number of nitrogens with zero attached hydrogens (tertiary/aromatic N) is 2. The van der Waals surface area contributed by atoms with E-state index >= 15 is 0 Å². The summed E-state index contributed by atoms with van der Waals surface area (Å²) in [5.41, 5.74) is 4.04. The first kappa shape index (κ1) is 26.9. The first-order valence-corrected chi connectivity index (χ1v) is 14.3. The van der Waals surface area contributed by atoms with Crippen LogP contribution < -0.4 is 9.62 Å². The minimum Gasteiger partial charge on any atom is -0.371 e. The van der Waals surface area contributed by atoms with Crippen molar-refractivity contribution in [2.75, 3.05) is 31.6 Å². The van der Waals surface area contributed by atoms with E-state index in [1.165, 1.54) is 5.56 Å². The fourth-order valence-corrected chi connectivity index (χ4v) is 5.54. The standard InChI is InChI=1S/C30H37N3O3S/c1-30(2)18-21-33(22-19-30)27-13-11-26(12-14-27)29(34)31-37(35,36)28-15-9-25(10-16-28)23-32(3)20-17-24-7-5-4-6-8-24/h4-16H,17-23H2,1-3H3,(H,31,34). The Bertz CT molecular complexity index is 1280. The van der Waals surface area contributed by atoms with E-state index in [-0.39, 0.29) is 4.90 Å². The Balaban J connectivity index is 1.31. The van der Waals surface area contributed by atoms with Crippen LogP contribution in [0.4, 0.5) is 5.69 Å². The summed E-state index contributed by atoms with van der Waals surface area (Å²) in [6.07, 6.45) is 3.19. The highest BCUT2D eigenvalue weighted by molar-refractivity contribution is 7.90. The summed E-state index contributed by atoms with van der Waals surface area (Å²) < 4.78 is 27.9. The number of rotatable bonds is 9. The molecule has 1 aliphatic rings. The average Bonchev–Trinajstić information content (AvgIpc) is 2.88. The largest absolute Gasteiger partial charge is 0.371 e. The molecule has 3 aromatic carbocycles. The lowest BCUT2D eigenvalue weighted by Crippen LogP contribution is -2.37. The van der Waals surface area contributed by atoms with Crippen molar-refractivity contribution in [3.63, 3.8) is 0 Å². The molecule has 0 spiro atoms. The van der Waals surface area contributed by atoms with E-state index < -0.39 is 15.9 Å². The highest BCUT2D eigenvalue weighted by Crippen LogP contribution is 2.32. The molecule has 6 nitrogen and oxygen atoms in total. The van der Waals surface area contributed by atoms with Gasteiger partial charge in [-0.15, -0.1) is 0 Å². The van der Waals surface area contributed by atoms with E-state index in [1.807, 2.05) is 37.4 Å². The van der Waals surface area contributed by atoms with E-state index in [1.54, 1.807) is 36.4 Å². The average molecular weight is 520 g/mol. The fourth-order valence-electron chi connectivity index (χ4n) is 4.56. The van der Waals surface area contributed by atoms with Crippen LogP contribution in [-0.4, -0.2) is 45.9 Å². The van der Waals surface area contributed by atoms with Gasteiger partial charge < -0.3 is 9.80 Å². The maximum absolute atomic E-state index is 12.8. The van der Waals surface area contributed by atoms with E-state index in [4.69, 9.17) is 0 Å². The lowest BCUT2D eigenvalue weighted by molar-refractivity contribution is 0.0981. The quantitative estimate of drug-likeness (QED) is 0.426. The number of likely N-dealkylation sites (N-methyl/N-ethyl adjacent to an activating group) is 1. The maximum Gasteiger partial charge on any atom is 0.264 e. The van der Waals surface area contributed by atoms with E-state index in [2.05, 4.69) is 40.5 Å². The van der Waals surface area contributed by atoms with Gasteiger partial charge in [0.1, 0.15) is 0 Å². The first-order valence-electron chi connectivity index (χ1n) is 12.8. The number of hydrogen-bond acceptors (Lipinski definition) is 5. The van der Waals surface area contributed by atoms with Gasteiger partial charge in [-0.1, -0.05) is 56.3 Å². The summed E-state index contributed by atoms with van der Waals surface area (Å²) in [7, 11) is -1.92. The molecular weight excluding hydrogens is 482 g/mol. The summed E-state index contributed by atoms with van der Waals surface area (Å²) in [6, 6.07) is 24.2.